The van der Waals surface area contributed by atoms with Crippen LogP contribution in [0.2, 0.25) is 5.02 Å². The Hall–Kier alpha value is -3.12. The monoisotopic (exact) mass is 437 g/mol. The molecule has 1 fully saturated rings. The molecule has 0 saturated carbocycles. The highest BCUT2D eigenvalue weighted by atomic mass is 35.5. The number of benzene rings is 2. The van der Waals surface area contributed by atoms with E-state index in [1.54, 1.807) is 23.1 Å². The van der Waals surface area contributed by atoms with E-state index in [2.05, 4.69) is 10.5 Å². The Morgan fingerprint density at radius 1 is 1.19 bits per heavy atom. The van der Waals surface area contributed by atoms with Gasteiger partial charge >= 0.3 is 0 Å². The lowest BCUT2D eigenvalue weighted by atomic mass is 9.95. The van der Waals surface area contributed by atoms with Gasteiger partial charge in [-0.1, -0.05) is 73.1 Å². The quantitative estimate of drug-likeness (QED) is 0.626. The van der Waals surface area contributed by atoms with E-state index in [1.807, 2.05) is 56.3 Å². The van der Waals surface area contributed by atoms with E-state index in [1.165, 1.54) is 0 Å². The predicted octanol–water partition coefficient (Wildman–Crippen LogP) is 4.72. The largest absolute Gasteiger partial charge is 0.350 e. The van der Waals surface area contributed by atoms with Crippen LogP contribution in [0.4, 0.5) is 0 Å². The lowest BCUT2D eigenvalue weighted by Crippen LogP contribution is -2.58. The van der Waals surface area contributed by atoms with Gasteiger partial charge in [-0.3, -0.25) is 9.59 Å². The fourth-order valence-corrected chi connectivity index (χ4v) is 3.96. The number of halogens is 1. The van der Waals surface area contributed by atoms with Crippen LogP contribution in [0.5, 0.6) is 0 Å². The molecular weight excluding hydrogens is 414 g/mol. The minimum Gasteiger partial charge on any atom is -0.350 e. The van der Waals surface area contributed by atoms with Crippen LogP contribution < -0.4 is 5.32 Å². The van der Waals surface area contributed by atoms with Crippen molar-refractivity contribution in [3.63, 3.8) is 0 Å². The molecule has 2 unspecified atom stereocenters. The summed E-state index contributed by atoms with van der Waals surface area (Å²) < 4.78 is 5.39. The van der Waals surface area contributed by atoms with Gasteiger partial charge in [0.05, 0.1) is 6.04 Å². The minimum atomic E-state index is -0.559. The summed E-state index contributed by atoms with van der Waals surface area (Å²) in [5.74, 6) is -0.132. The molecule has 2 amide bonds. The molecule has 0 bridgehead atoms. The number of carbonyl (C=O) groups is 2. The number of aromatic nitrogens is 1. The average molecular weight is 438 g/mol. The van der Waals surface area contributed by atoms with Crippen molar-refractivity contribution >= 4 is 23.4 Å². The SMILES string of the molecule is CC(C)CC1C(=O)NC(c2ccccc2)CN1C(=O)c1cc(-c2ccc(Cl)cc2)no1. The summed E-state index contributed by atoms with van der Waals surface area (Å²) >= 11 is 5.95. The molecule has 0 radical (unpaired) electrons. The summed E-state index contributed by atoms with van der Waals surface area (Å²) in [6.45, 7) is 4.43. The molecule has 0 aliphatic carbocycles. The number of hydrogen-bond acceptors (Lipinski definition) is 4. The summed E-state index contributed by atoms with van der Waals surface area (Å²) in [6.07, 6.45) is 0.567. The van der Waals surface area contributed by atoms with Gasteiger partial charge in [0.15, 0.2) is 0 Å². The number of piperazine rings is 1. The van der Waals surface area contributed by atoms with Crippen molar-refractivity contribution in [2.45, 2.75) is 32.4 Å². The van der Waals surface area contributed by atoms with Gasteiger partial charge in [0.2, 0.25) is 11.7 Å². The molecule has 2 aromatic carbocycles. The van der Waals surface area contributed by atoms with Gasteiger partial charge in [-0.2, -0.15) is 0 Å². The van der Waals surface area contributed by atoms with E-state index < -0.39 is 6.04 Å². The predicted molar refractivity (Wildman–Crippen MR) is 119 cm³/mol. The van der Waals surface area contributed by atoms with Gasteiger partial charge in [0, 0.05) is 23.2 Å². The Balaban J connectivity index is 1.62. The second-order valence-electron chi connectivity index (χ2n) is 8.16. The molecule has 3 aromatic rings. The molecule has 1 aliphatic rings. The molecule has 2 atom stereocenters. The number of hydrogen-bond donors (Lipinski definition) is 1. The van der Waals surface area contributed by atoms with Crippen LogP contribution in [0.15, 0.2) is 65.2 Å². The molecule has 1 saturated heterocycles. The third-order valence-electron chi connectivity index (χ3n) is 5.39. The van der Waals surface area contributed by atoms with E-state index in [4.69, 9.17) is 16.1 Å². The summed E-state index contributed by atoms with van der Waals surface area (Å²) in [5.41, 5.74) is 2.29. The molecule has 31 heavy (non-hydrogen) atoms. The Bertz CT molecular complexity index is 1060. The molecule has 6 nitrogen and oxygen atoms in total. The number of nitrogens with zero attached hydrogens (tertiary/aromatic N) is 2. The van der Waals surface area contributed by atoms with Gasteiger partial charge < -0.3 is 14.7 Å². The zero-order valence-electron chi connectivity index (χ0n) is 17.4. The van der Waals surface area contributed by atoms with Gasteiger partial charge in [0.25, 0.3) is 5.91 Å². The molecule has 1 aliphatic heterocycles. The Labute approximate surface area is 186 Å². The van der Waals surface area contributed by atoms with Gasteiger partial charge in [-0.25, -0.2) is 0 Å². The van der Waals surface area contributed by atoms with Crippen molar-refractivity contribution in [1.29, 1.82) is 0 Å². The maximum Gasteiger partial charge on any atom is 0.293 e. The average Bonchev–Trinajstić information content (AvgIpc) is 3.25. The summed E-state index contributed by atoms with van der Waals surface area (Å²) in [7, 11) is 0. The third kappa shape index (κ3) is 4.64. The van der Waals surface area contributed by atoms with Crippen LogP contribution in [0.1, 0.15) is 42.4 Å². The van der Waals surface area contributed by atoms with E-state index in [0.717, 1.165) is 11.1 Å². The first kappa shape index (κ1) is 21.1. The number of carbonyl (C=O) groups excluding carboxylic acids is 2. The van der Waals surface area contributed by atoms with Crippen molar-refractivity contribution in [1.82, 2.24) is 15.4 Å². The molecule has 1 aromatic heterocycles. The highest BCUT2D eigenvalue weighted by Crippen LogP contribution is 2.27. The molecule has 1 N–H and O–H groups in total. The summed E-state index contributed by atoms with van der Waals surface area (Å²) in [5, 5.41) is 7.73. The normalized spacial score (nSPS) is 18.8. The van der Waals surface area contributed by atoms with E-state index in [-0.39, 0.29) is 29.5 Å². The van der Waals surface area contributed by atoms with Crippen molar-refractivity contribution in [2.24, 2.45) is 5.92 Å². The van der Waals surface area contributed by atoms with Crippen molar-refractivity contribution in [2.75, 3.05) is 6.54 Å². The minimum absolute atomic E-state index is 0.111. The van der Waals surface area contributed by atoms with Gasteiger partial charge in [-0.15, -0.1) is 0 Å². The molecule has 0 spiro atoms. The summed E-state index contributed by atoms with van der Waals surface area (Å²) in [6, 6.07) is 17.6. The Morgan fingerprint density at radius 2 is 1.90 bits per heavy atom. The van der Waals surface area contributed by atoms with E-state index in [9.17, 15) is 9.59 Å². The first-order chi connectivity index (χ1) is 14.9. The maximum absolute atomic E-state index is 13.4. The van der Waals surface area contributed by atoms with E-state index in [0.29, 0.717) is 23.7 Å². The van der Waals surface area contributed by atoms with Crippen LogP contribution in [0, 0.1) is 5.92 Å². The Kier molecular flexibility index (Phi) is 6.09. The first-order valence-corrected chi connectivity index (χ1v) is 10.7. The fraction of sp³-hybridized carbons (Fsp3) is 0.292. The second-order valence-corrected chi connectivity index (χ2v) is 8.59. The molecule has 7 heteroatoms. The van der Waals surface area contributed by atoms with Crippen LogP contribution in [0.3, 0.4) is 0 Å². The number of amides is 2. The topological polar surface area (TPSA) is 75.4 Å². The Morgan fingerprint density at radius 3 is 2.58 bits per heavy atom. The lowest BCUT2D eigenvalue weighted by molar-refractivity contribution is -0.130. The summed E-state index contributed by atoms with van der Waals surface area (Å²) in [4.78, 5) is 28.0. The first-order valence-electron chi connectivity index (χ1n) is 10.3. The standard InChI is InChI=1S/C24H24ClN3O3/c1-15(2)12-21-23(29)26-20(16-6-4-3-5-7-16)14-28(21)24(30)22-13-19(27-31-22)17-8-10-18(25)11-9-17/h3-11,13,15,20-21H,12,14H2,1-2H3,(H,26,29). The fourth-order valence-electron chi connectivity index (χ4n) is 3.83. The maximum atomic E-state index is 13.4. The highest BCUT2D eigenvalue weighted by molar-refractivity contribution is 6.30. The molecular formula is C24H24ClN3O3. The zero-order chi connectivity index (χ0) is 22.0. The van der Waals surface area contributed by atoms with Gasteiger partial charge in [-0.05, 0) is 30.0 Å². The van der Waals surface area contributed by atoms with Crippen LogP contribution in [0.25, 0.3) is 11.3 Å². The van der Waals surface area contributed by atoms with E-state index >= 15 is 0 Å². The number of rotatable bonds is 5. The smallest absolute Gasteiger partial charge is 0.293 e. The zero-order valence-corrected chi connectivity index (χ0v) is 18.2. The van der Waals surface area contributed by atoms with Gasteiger partial charge in [0.1, 0.15) is 11.7 Å². The third-order valence-corrected chi connectivity index (χ3v) is 5.65. The molecule has 160 valence electrons. The van der Waals surface area contributed by atoms with Crippen molar-refractivity contribution in [3.05, 3.63) is 77.0 Å². The van der Waals surface area contributed by atoms with Crippen molar-refractivity contribution in [3.8, 4) is 11.3 Å². The van der Waals surface area contributed by atoms with Crippen LogP contribution in [-0.4, -0.2) is 34.5 Å². The molecule has 2 heterocycles. The van der Waals surface area contributed by atoms with Crippen LogP contribution in [-0.2, 0) is 4.79 Å². The second kappa shape index (κ2) is 8.94. The highest BCUT2D eigenvalue weighted by Gasteiger charge is 2.39. The van der Waals surface area contributed by atoms with Crippen LogP contribution >= 0.6 is 11.6 Å². The van der Waals surface area contributed by atoms with Crippen molar-refractivity contribution < 1.29 is 14.1 Å². The lowest BCUT2D eigenvalue weighted by Gasteiger charge is -2.39. The number of nitrogens with one attached hydrogen (secondary N) is 1. The molecule has 4 rings (SSSR count).